The molecule has 0 bridgehead atoms. The summed E-state index contributed by atoms with van der Waals surface area (Å²) in [6, 6.07) is 5.71. The summed E-state index contributed by atoms with van der Waals surface area (Å²) in [5.74, 6) is 1.54. The minimum atomic E-state index is -0.349. The summed E-state index contributed by atoms with van der Waals surface area (Å²) < 4.78 is 6.04. The molecular weight excluding hydrogens is 256 g/mol. The van der Waals surface area contributed by atoms with Gasteiger partial charge in [-0.15, -0.1) is 0 Å². The van der Waals surface area contributed by atoms with Gasteiger partial charge in [0.1, 0.15) is 5.75 Å². The molecule has 15 heavy (non-hydrogen) atoms. The zero-order valence-electron chi connectivity index (χ0n) is 8.74. The quantitative estimate of drug-likeness (QED) is 0.910. The predicted molar refractivity (Wildman–Crippen MR) is 63.0 cm³/mol. The summed E-state index contributed by atoms with van der Waals surface area (Å²) in [6.45, 7) is 0. The SMILES string of the molecule is COc1ccc(C(O)CC2CC2)c(Br)c1. The van der Waals surface area contributed by atoms with E-state index in [0.717, 1.165) is 28.1 Å². The van der Waals surface area contributed by atoms with Gasteiger partial charge in [-0.05, 0) is 30.0 Å². The van der Waals surface area contributed by atoms with Crippen LogP contribution in [0.3, 0.4) is 0 Å². The fraction of sp³-hybridized carbons (Fsp3) is 0.500. The molecule has 1 fully saturated rings. The Morgan fingerprint density at radius 2 is 2.27 bits per heavy atom. The predicted octanol–water partition coefficient (Wildman–Crippen LogP) is 3.29. The molecule has 0 amide bonds. The molecule has 0 spiro atoms. The molecule has 1 unspecified atom stereocenters. The zero-order chi connectivity index (χ0) is 10.8. The first-order valence-corrected chi connectivity index (χ1v) is 6.01. The van der Waals surface area contributed by atoms with Gasteiger partial charge in [0, 0.05) is 4.47 Å². The molecule has 3 heteroatoms. The van der Waals surface area contributed by atoms with E-state index in [1.54, 1.807) is 7.11 Å². The second-order valence-corrected chi connectivity index (χ2v) is 4.94. The van der Waals surface area contributed by atoms with E-state index < -0.39 is 0 Å². The van der Waals surface area contributed by atoms with Crippen molar-refractivity contribution in [3.8, 4) is 5.75 Å². The highest BCUT2D eigenvalue weighted by atomic mass is 79.9. The molecule has 82 valence electrons. The van der Waals surface area contributed by atoms with Crippen molar-refractivity contribution < 1.29 is 9.84 Å². The van der Waals surface area contributed by atoms with Crippen LogP contribution in [0.1, 0.15) is 30.9 Å². The van der Waals surface area contributed by atoms with Crippen LogP contribution in [0.15, 0.2) is 22.7 Å². The highest BCUT2D eigenvalue weighted by molar-refractivity contribution is 9.10. The summed E-state index contributed by atoms with van der Waals surface area (Å²) in [4.78, 5) is 0. The summed E-state index contributed by atoms with van der Waals surface area (Å²) in [5, 5.41) is 10.0. The normalized spacial score (nSPS) is 17.5. The third-order valence-electron chi connectivity index (χ3n) is 2.82. The molecule has 0 aliphatic heterocycles. The lowest BCUT2D eigenvalue weighted by molar-refractivity contribution is 0.159. The van der Waals surface area contributed by atoms with E-state index >= 15 is 0 Å². The molecule has 1 saturated carbocycles. The van der Waals surface area contributed by atoms with E-state index in [1.807, 2.05) is 18.2 Å². The minimum Gasteiger partial charge on any atom is -0.497 e. The van der Waals surface area contributed by atoms with Crippen molar-refractivity contribution in [3.63, 3.8) is 0 Å². The Bertz CT molecular complexity index is 347. The number of rotatable bonds is 4. The van der Waals surface area contributed by atoms with Gasteiger partial charge in [-0.25, -0.2) is 0 Å². The Labute approximate surface area is 98.4 Å². The van der Waals surface area contributed by atoms with E-state index in [-0.39, 0.29) is 6.10 Å². The summed E-state index contributed by atoms with van der Waals surface area (Å²) in [5.41, 5.74) is 0.961. The second kappa shape index (κ2) is 4.54. The number of aliphatic hydroxyl groups excluding tert-OH is 1. The van der Waals surface area contributed by atoms with Crippen molar-refractivity contribution in [1.82, 2.24) is 0 Å². The van der Waals surface area contributed by atoms with E-state index in [0.29, 0.717) is 0 Å². The molecule has 0 saturated heterocycles. The van der Waals surface area contributed by atoms with Gasteiger partial charge in [-0.1, -0.05) is 34.8 Å². The highest BCUT2D eigenvalue weighted by Gasteiger charge is 2.26. The van der Waals surface area contributed by atoms with Gasteiger partial charge >= 0.3 is 0 Å². The van der Waals surface area contributed by atoms with Gasteiger partial charge in [-0.3, -0.25) is 0 Å². The van der Waals surface area contributed by atoms with Gasteiger partial charge in [0.15, 0.2) is 0 Å². The molecule has 1 N–H and O–H groups in total. The van der Waals surface area contributed by atoms with Crippen molar-refractivity contribution >= 4 is 15.9 Å². The fourth-order valence-corrected chi connectivity index (χ4v) is 2.32. The van der Waals surface area contributed by atoms with Crippen LogP contribution in [-0.4, -0.2) is 12.2 Å². The van der Waals surface area contributed by atoms with Crippen molar-refractivity contribution in [1.29, 1.82) is 0 Å². The molecule has 1 aromatic carbocycles. The topological polar surface area (TPSA) is 29.5 Å². The molecule has 0 radical (unpaired) electrons. The fourth-order valence-electron chi connectivity index (χ4n) is 1.70. The molecule has 1 aliphatic carbocycles. The number of halogens is 1. The van der Waals surface area contributed by atoms with Crippen LogP contribution in [0.5, 0.6) is 5.75 Å². The molecule has 2 nitrogen and oxygen atoms in total. The third kappa shape index (κ3) is 2.73. The van der Waals surface area contributed by atoms with Crippen LogP contribution < -0.4 is 4.74 Å². The summed E-state index contributed by atoms with van der Waals surface area (Å²) in [6.07, 6.45) is 3.07. The zero-order valence-corrected chi connectivity index (χ0v) is 10.3. The minimum absolute atomic E-state index is 0.349. The Hall–Kier alpha value is -0.540. The average Bonchev–Trinajstić information content (AvgIpc) is 3.01. The van der Waals surface area contributed by atoms with Crippen LogP contribution in [0.25, 0.3) is 0 Å². The highest BCUT2D eigenvalue weighted by Crippen LogP contribution is 2.39. The van der Waals surface area contributed by atoms with Gasteiger partial charge < -0.3 is 9.84 Å². The lowest BCUT2D eigenvalue weighted by Crippen LogP contribution is -1.99. The Balaban J connectivity index is 2.11. The molecular formula is C12H15BrO2. The third-order valence-corrected chi connectivity index (χ3v) is 3.51. The maximum atomic E-state index is 10.0. The van der Waals surface area contributed by atoms with Crippen LogP contribution in [-0.2, 0) is 0 Å². The first-order chi connectivity index (χ1) is 7.20. The number of hydrogen-bond donors (Lipinski definition) is 1. The van der Waals surface area contributed by atoms with Crippen molar-refractivity contribution in [3.05, 3.63) is 28.2 Å². The molecule has 1 atom stereocenters. The first kappa shape index (κ1) is 11.0. The smallest absolute Gasteiger partial charge is 0.120 e. The largest absolute Gasteiger partial charge is 0.497 e. The monoisotopic (exact) mass is 270 g/mol. The molecule has 1 aromatic rings. The maximum absolute atomic E-state index is 10.0. The lowest BCUT2D eigenvalue weighted by atomic mass is 10.0. The Kier molecular flexibility index (Phi) is 3.32. The van der Waals surface area contributed by atoms with Crippen molar-refractivity contribution in [2.24, 2.45) is 5.92 Å². The van der Waals surface area contributed by atoms with E-state index in [1.165, 1.54) is 12.8 Å². The maximum Gasteiger partial charge on any atom is 0.120 e. The van der Waals surface area contributed by atoms with Crippen LogP contribution in [0.4, 0.5) is 0 Å². The van der Waals surface area contributed by atoms with Gasteiger partial charge in [0.25, 0.3) is 0 Å². The molecule has 2 rings (SSSR count). The van der Waals surface area contributed by atoms with Gasteiger partial charge in [0.2, 0.25) is 0 Å². The van der Waals surface area contributed by atoms with Crippen molar-refractivity contribution in [2.75, 3.05) is 7.11 Å². The first-order valence-electron chi connectivity index (χ1n) is 5.22. The molecule has 0 heterocycles. The van der Waals surface area contributed by atoms with Crippen LogP contribution >= 0.6 is 15.9 Å². The number of benzene rings is 1. The van der Waals surface area contributed by atoms with Crippen molar-refractivity contribution in [2.45, 2.75) is 25.4 Å². The average molecular weight is 271 g/mol. The standard InChI is InChI=1S/C12H15BrO2/c1-15-9-4-5-10(11(13)7-9)12(14)6-8-2-3-8/h4-5,7-8,12,14H,2-3,6H2,1H3. The Morgan fingerprint density at radius 3 is 2.80 bits per heavy atom. The molecule has 0 aromatic heterocycles. The number of hydrogen-bond acceptors (Lipinski definition) is 2. The summed E-state index contributed by atoms with van der Waals surface area (Å²) >= 11 is 3.46. The second-order valence-electron chi connectivity index (χ2n) is 4.08. The van der Waals surface area contributed by atoms with Gasteiger partial charge in [-0.2, -0.15) is 0 Å². The van der Waals surface area contributed by atoms with Crippen LogP contribution in [0.2, 0.25) is 0 Å². The Morgan fingerprint density at radius 1 is 1.53 bits per heavy atom. The van der Waals surface area contributed by atoms with Crippen LogP contribution in [0, 0.1) is 5.92 Å². The van der Waals surface area contributed by atoms with E-state index in [9.17, 15) is 5.11 Å². The van der Waals surface area contributed by atoms with E-state index in [4.69, 9.17) is 4.74 Å². The van der Waals surface area contributed by atoms with Gasteiger partial charge in [0.05, 0.1) is 13.2 Å². The van der Waals surface area contributed by atoms with E-state index in [2.05, 4.69) is 15.9 Å². The number of methoxy groups -OCH3 is 1. The number of aliphatic hydroxyl groups is 1. The molecule has 1 aliphatic rings. The number of ether oxygens (including phenoxy) is 1. The summed E-state index contributed by atoms with van der Waals surface area (Å²) in [7, 11) is 1.64. The lowest BCUT2D eigenvalue weighted by Gasteiger charge is -2.13.